The lowest BCUT2D eigenvalue weighted by molar-refractivity contribution is 0.567. The fraction of sp³-hybridized carbons (Fsp3) is 0.455. The Bertz CT molecular complexity index is 450. The summed E-state index contributed by atoms with van der Waals surface area (Å²) in [7, 11) is 0. The van der Waals surface area contributed by atoms with Crippen molar-refractivity contribution in [2.75, 3.05) is 18.4 Å². The molecule has 0 aromatic carbocycles. The number of nitrogens with zero attached hydrogens (tertiary/aromatic N) is 3. The predicted octanol–water partition coefficient (Wildman–Crippen LogP) is 1.13. The molecule has 0 aliphatic heterocycles. The van der Waals surface area contributed by atoms with Crippen LogP contribution in [0.1, 0.15) is 13.3 Å². The van der Waals surface area contributed by atoms with Crippen LogP contribution in [0, 0.1) is 5.92 Å². The maximum Gasteiger partial charge on any atom is 0.157 e. The third-order valence-electron chi connectivity index (χ3n) is 2.55. The maximum absolute atomic E-state index is 5.50. The average molecular weight is 219 g/mol. The van der Waals surface area contributed by atoms with Gasteiger partial charge in [0.05, 0.1) is 6.20 Å². The largest absolute Gasteiger partial charge is 0.370 e. The van der Waals surface area contributed by atoms with Gasteiger partial charge in [-0.05, 0) is 24.9 Å². The van der Waals surface area contributed by atoms with Gasteiger partial charge in [-0.3, -0.25) is 0 Å². The summed E-state index contributed by atoms with van der Waals surface area (Å²) in [6.07, 6.45) is 4.67. The summed E-state index contributed by atoms with van der Waals surface area (Å²) in [5.74, 6) is 1.45. The zero-order valence-corrected chi connectivity index (χ0v) is 9.43. The molecule has 1 unspecified atom stereocenters. The van der Waals surface area contributed by atoms with Gasteiger partial charge in [-0.2, -0.15) is 5.10 Å². The molecular weight excluding hydrogens is 202 g/mol. The molecule has 0 fully saturated rings. The lowest BCUT2D eigenvalue weighted by atomic mass is 10.1. The molecule has 2 heterocycles. The first kappa shape index (κ1) is 10.9. The van der Waals surface area contributed by atoms with Crippen LogP contribution in [0.3, 0.4) is 0 Å². The van der Waals surface area contributed by atoms with E-state index < -0.39 is 0 Å². The molecule has 2 aromatic rings. The lowest BCUT2D eigenvalue weighted by Gasteiger charge is -2.11. The number of fused-ring (bicyclic) bond motifs is 1. The van der Waals surface area contributed by atoms with Crippen molar-refractivity contribution in [2.24, 2.45) is 11.7 Å². The monoisotopic (exact) mass is 219 g/mol. The highest BCUT2D eigenvalue weighted by atomic mass is 15.2. The first-order valence-electron chi connectivity index (χ1n) is 5.54. The molecule has 86 valence electrons. The third-order valence-corrected chi connectivity index (χ3v) is 2.55. The van der Waals surface area contributed by atoms with Crippen molar-refractivity contribution in [1.29, 1.82) is 0 Å². The smallest absolute Gasteiger partial charge is 0.157 e. The van der Waals surface area contributed by atoms with E-state index in [1.54, 1.807) is 10.7 Å². The zero-order chi connectivity index (χ0) is 11.4. The minimum absolute atomic E-state index is 0.563. The summed E-state index contributed by atoms with van der Waals surface area (Å²) in [6, 6.07) is 3.81. The average Bonchev–Trinajstić information content (AvgIpc) is 2.74. The Hall–Kier alpha value is -1.62. The molecule has 0 aliphatic carbocycles. The third kappa shape index (κ3) is 2.49. The second kappa shape index (κ2) is 4.94. The molecule has 0 spiro atoms. The minimum atomic E-state index is 0.563. The molecule has 0 saturated carbocycles. The number of nitrogens with two attached hydrogens (primary N) is 1. The molecule has 2 rings (SSSR count). The molecule has 0 bridgehead atoms. The standard InChI is InChI=1S/C11H17N5/c1-9(2-5-12)8-13-10-4-7-16-11(15-10)3-6-14-16/h3-4,6-7,9H,2,5,8,12H2,1H3,(H,13,15). The molecule has 2 aromatic heterocycles. The Kier molecular flexibility index (Phi) is 3.36. The van der Waals surface area contributed by atoms with Gasteiger partial charge in [-0.25, -0.2) is 9.50 Å². The van der Waals surface area contributed by atoms with E-state index in [-0.39, 0.29) is 0 Å². The first-order chi connectivity index (χ1) is 7.79. The van der Waals surface area contributed by atoms with E-state index in [0.717, 1.165) is 31.0 Å². The van der Waals surface area contributed by atoms with Crippen LogP contribution in [0.4, 0.5) is 5.82 Å². The Morgan fingerprint density at radius 3 is 3.19 bits per heavy atom. The topological polar surface area (TPSA) is 68.2 Å². The van der Waals surface area contributed by atoms with Crippen LogP contribution < -0.4 is 11.1 Å². The van der Waals surface area contributed by atoms with Crippen LogP contribution in [0.5, 0.6) is 0 Å². The molecule has 0 aliphatic rings. The van der Waals surface area contributed by atoms with Gasteiger partial charge < -0.3 is 11.1 Å². The van der Waals surface area contributed by atoms with E-state index >= 15 is 0 Å². The molecule has 0 radical (unpaired) electrons. The first-order valence-corrected chi connectivity index (χ1v) is 5.54. The quantitative estimate of drug-likeness (QED) is 0.791. The van der Waals surface area contributed by atoms with E-state index in [0.29, 0.717) is 5.92 Å². The highest BCUT2D eigenvalue weighted by Gasteiger charge is 2.02. The summed E-state index contributed by atoms with van der Waals surface area (Å²) in [4.78, 5) is 4.43. The Morgan fingerprint density at radius 2 is 2.38 bits per heavy atom. The van der Waals surface area contributed by atoms with Crippen LogP contribution in [-0.4, -0.2) is 27.7 Å². The minimum Gasteiger partial charge on any atom is -0.370 e. The van der Waals surface area contributed by atoms with Gasteiger partial charge in [-0.15, -0.1) is 0 Å². The van der Waals surface area contributed by atoms with Crippen molar-refractivity contribution in [3.05, 3.63) is 24.5 Å². The number of hydrogen-bond donors (Lipinski definition) is 2. The number of aromatic nitrogens is 3. The Balaban J connectivity index is 1.98. The van der Waals surface area contributed by atoms with Gasteiger partial charge in [-0.1, -0.05) is 6.92 Å². The molecule has 0 saturated heterocycles. The summed E-state index contributed by atoms with van der Waals surface area (Å²) in [5.41, 5.74) is 6.36. The number of nitrogens with one attached hydrogen (secondary N) is 1. The fourth-order valence-electron chi connectivity index (χ4n) is 1.58. The van der Waals surface area contributed by atoms with E-state index in [4.69, 9.17) is 5.73 Å². The van der Waals surface area contributed by atoms with Crippen LogP contribution in [0.25, 0.3) is 5.65 Å². The van der Waals surface area contributed by atoms with E-state index in [1.165, 1.54) is 0 Å². The molecule has 3 N–H and O–H groups in total. The van der Waals surface area contributed by atoms with Crippen LogP contribution in [0.15, 0.2) is 24.5 Å². The molecule has 5 nitrogen and oxygen atoms in total. The summed E-state index contributed by atoms with van der Waals surface area (Å²) in [6.45, 7) is 3.81. The van der Waals surface area contributed by atoms with Crippen molar-refractivity contribution in [2.45, 2.75) is 13.3 Å². The fourth-order valence-corrected chi connectivity index (χ4v) is 1.58. The second-order valence-corrected chi connectivity index (χ2v) is 4.01. The van der Waals surface area contributed by atoms with Crippen molar-refractivity contribution in [3.63, 3.8) is 0 Å². The molecule has 5 heteroatoms. The number of anilines is 1. The van der Waals surface area contributed by atoms with Crippen molar-refractivity contribution >= 4 is 11.5 Å². The van der Waals surface area contributed by atoms with Gasteiger partial charge >= 0.3 is 0 Å². The predicted molar refractivity (Wildman–Crippen MR) is 64.3 cm³/mol. The summed E-state index contributed by atoms with van der Waals surface area (Å²) in [5, 5.41) is 7.40. The van der Waals surface area contributed by atoms with Crippen LogP contribution in [0.2, 0.25) is 0 Å². The van der Waals surface area contributed by atoms with Gasteiger partial charge in [0.1, 0.15) is 5.82 Å². The second-order valence-electron chi connectivity index (χ2n) is 4.01. The Morgan fingerprint density at radius 1 is 1.50 bits per heavy atom. The van der Waals surface area contributed by atoms with Gasteiger partial charge in [0.2, 0.25) is 0 Å². The normalized spacial score (nSPS) is 12.9. The highest BCUT2D eigenvalue weighted by molar-refractivity contribution is 5.45. The van der Waals surface area contributed by atoms with Crippen molar-refractivity contribution < 1.29 is 0 Å². The summed E-state index contributed by atoms with van der Waals surface area (Å²) < 4.78 is 1.74. The van der Waals surface area contributed by atoms with E-state index in [1.807, 2.05) is 18.3 Å². The van der Waals surface area contributed by atoms with Gasteiger partial charge in [0.15, 0.2) is 5.65 Å². The van der Waals surface area contributed by atoms with Crippen LogP contribution >= 0.6 is 0 Å². The van der Waals surface area contributed by atoms with Gasteiger partial charge in [0, 0.05) is 18.8 Å². The van der Waals surface area contributed by atoms with Crippen molar-refractivity contribution in [1.82, 2.24) is 14.6 Å². The molecule has 0 amide bonds. The highest BCUT2D eigenvalue weighted by Crippen LogP contribution is 2.07. The van der Waals surface area contributed by atoms with E-state index in [9.17, 15) is 0 Å². The van der Waals surface area contributed by atoms with Crippen LogP contribution in [-0.2, 0) is 0 Å². The SMILES string of the molecule is CC(CCN)CNc1ccn2nccc2n1. The van der Waals surface area contributed by atoms with Gasteiger partial charge in [0.25, 0.3) is 0 Å². The number of rotatable bonds is 5. The maximum atomic E-state index is 5.50. The molecule has 16 heavy (non-hydrogen) atoms. The lowest BCUT2D eigenvalue weighted by Crippen LogP contribution is -2.15. The zero-order valence-electron chi connectivity index (χ0n) is 9.43. The molecular formula is C11H17N5. The van der Waals surface area contributed by atoms with Crippen molar-refractivity contribution in [3.8, 4) is 0 Å². The Labute approximate surface area is 94.7 Å². The van der Waals surface area contributed by atoms with E-state index in [2.05, 4.69) is 22.3 Å². The number of hydrogen-bond acceptors (Lipinski definition) is 4. The molecule has 1 atom stereocenters. The summed E-state index contributed by atoms with van der Waals surface area (Å²) >= 11 is 0.